The minimum atomic E-state index is -3.81. The van der Waals surface area contributed by atoms with Gasteiger partial charge in [0, 0.05) is 5.02 Å². The van der Waals surface area contributed by atoms with Crippen LogP contribution in [0.15, 0.2) is 72.8 Å². The lowest BCUT2D eigenvalue weighted by Gasteiger charge is -2.24. The summed E-state index contributed by atoms with van der Waals surface area (Å²) < 4.78 is 37.2. The lowest BCUT2D eigenvalue weighted by Crippen LogP contribution is -2.37. The van der Waals surface area contributed by atoms with Crippen LogP contribution in [0.5, 0.6) is 17.2 Å². The van der Waals surface area contributed by atoms with E-state index in [1.807, 2.05) is 6.07 Å². The highest BCUT2D eigenvalue weighted by Gasteiger charge is 2.24. The number of anilines is 2. The fourth-order valence-electron chi connectivity index (χ4n) is 2.84. The molecule has 1 N–H and O–H groups in total. The Bertz CT molecular complexity index is 1170. The highest BCUT2D eigenvalue weighted by Crippen LogP contribution is 2.34. The predicted octanol–water partition coefficient (Wildman–Crippen LogP) is 4.55. The highest BCUT2D eigenvalue weighted by molar-refractivity contribution is 7.92. The molecule has 0 unspecified atom stereocenters. The quantitative estimate of drug-likeness (QED) is 0.533. The summed E-state index contributed by atoms with van der Waals surface area (Å²) in [6.07, 6.45) is 1.03. The molecule has 7 nitrogen and oxygen atoms in total. The Kier molecular flexibility index (Phi) is 7.04. The summed E-state index contributed by atoms with van der Waals surface area (Å²) in [7, 11) is -2.35. The van der Waals surface area contributed by atoms with Crippen LogP contribution >= 0.6 is 11.6 Å². The zero-order valence-electron chi connectivity index (χ0n) is 16.9. The average molecular weight is 461 g/mol. The Hall–Kier alpha value is -3.23. The molecule has 9 heteroatoms. The first-order valence-corrected chi connectivity index (χ1v) is 11.4. The molecular formula is C22H21ClN2O5S. The molecule has 0 aromatic heterocycles. The monoisotopic (exact) mass is 460 g/mol. The maximum Gasteiger partial charge on any atom is 0.245 e. The topological polar surface area (TPSA) is 84.9 Å². The first kappa shape index (κ1) is 22.5. The second-order valence-corrected chi connectivity index (χ2v) is 8.89. The molecule has 0 fully saturated rings. The number of nitrogens with one attached hydrogen (secondary N) is 1. The van der Waals surface area contributed by atoms with Gasteiger partial charge in [0.05, 0.1) is 24.7 Å². The third kappa shape index (κ3) is 5.90. The third-order valence-electron chi connectivity index (χ3n) is 4.23. The van der Waals surface area contributed by atoms with E-state index >= 15 is 0 Å². The number of methoxy groups -OCH3 is 1. The Balaban J connectivity index is 1.89. The standard InChI is InChI=1S/C22H21ClN2O5S/c1-29-20-13-12-16(23)14-18(20)24-22(26)15-25(31(2,27)28)19-10-6-7-11-21(19)30-17-8-4-3-5-9-17/h3-14H,15H2,1-2H3,(H,24,26). The van der Waals surface area contributed by atoms with E-state index in [0.717, 1.165) is 10.6 Å². The number of carbonyl (C=O) groups is 1. The number of amides is 1. The first-order valence-electron chi connectivity index (χ1n) is 9.21. The second kappa shape index (κ2) is 9.72. The second-order valence-electron chi connectivity index (χ2n) is 6.55. The first-order chi connectivity index (χ1) is 14.8. The summed E-state index contributed by atoms with van der Waals surface area (Å²) in [6.45, 7) is -0.469. The normalized spacial score (nSPS) is 10.9. The summed E-state index contributed by atoms with van der Waals surface area (Å²) in [5, 5.41) is 3.05. The molecule has 3 aromatic rings. The number of sulfonamides is 1. The van der Waals surface area contributed by atoms with Crippen molar-refractivity contribution in [3.8, 4) is 17.2 Å². The van der Waals surface area contributed by atoms with Crippen molar-refractivity contribution < 1.29 is 22.7 Å². The van der Waals surface area contributed by atoms with E-state index in [1.54, 1.807) is 60.7 Å². The van der Waals surface area contributed by atoms with Gasteiger partial charge in [-0.2, -0.15) is 0 Å². The van der Waals surface area contributed by atoms with Gasteiger partial charge in [0.15, 0.2) is 5.75 Å². The Labute approximate surface area is 186 Å². The van der Waals surface area contributed by atoms with Gasteiger partial charge in [-0.1, -0.05) is 41.9 Å². The van der Waals surface area contributed by atoms with Gasteiger partial charge in [0.2, 0.25) is 15.9 Å². The third-order valence-corrected chi connectivity index (χ3v) is 5.59. The molecule has 1 amide bonds. The molecule has 0 bridgehead atoms. The smallest absolute Gasteiger partial charge is 0.245 e. The van der Waals surface area contributed by atoms with Crippen molar-refractivity contribution in [1.82, 2.24) is 0 Å². The minimum Gasteiger partial charge on any atom is -0.495 e. The van der Waals surface area contributed by atoms with E-state index < -0.39 is 22.5 Å². The van der Waals surface area contributed by atoms with Crippen molar-refractivity contribution in [3.05, 3.63) is 77.8 Å². The number of para-hydroxylation sites is 3. The maximum absolute atomic E-state index is 12.7. The van der Waals surface area contributed by atoms with Gasteiger partial charge in [-0.15, -0.1) is 0 Å². The largest absolute Gasteiger partial charge is 0.495 e. The van der Waals surface area contributed by atoms with Crippen molar-refractivity contribution >= 4 is 38.9 Å². The SMILES string of the molecule is COc1ccc(Cl)cc1NC(=O)CN(c1ccccc1Oc1ccccc1)S(C)(=O)=O. The summed E-state index contributed by atoms with van der Waals surface area (Å²) in [5.41, 5.74) is 0.573. The molecule has 162 valence electrons. The summed E-state index contributed by atoms with van der Waals surface area (Å²) in [4.78, 5) is 12.7. The molecular weight excluding hydrogens is 440 g/mol. The number of halogens is 1. The molecule has 0 aliphatic carbocycles. The minimum absolute atomic E-state index is 0.238. The Morgan fingerprint density at radius 1 is 1.00 bits per heavy atom. The van der Waals surface area contributed by atoms with Gasteiger partial charge in [-0.25, -0.2) is 8.42 Å². The Morgan fingerprint density at radius 2 is 1.68 bits per heavy atom. The molecule has 0 radical (unpaired) electrons. The lowest BCUT2D eigenvalue weighted by molar-refractivity contribution is -0.114. The van der Waals surface area contributed by atoms with E-state index in [-0.39, 0.29) is 5.69 Å². The zero-order chi connectivity index (χ0) is 22.4. The number of carbonyl (C=O) groups excluding carboxylic acids is 1. The molecule has 0 saturated heterocycles. The van der Waals surface area contributed by atoms with Gasteiger partial charge in [0.25, 0.3) is 0 Å². The zero-order valence-corrected chi connectivity index (χ0v) is 18.5. The fourth-order valence-corrected chi connectivity index (χ4v) is 3.88. The molecule has 0 aliphatic rings. The molecule has 0 heterocycles. The van der Waals surface area contributed by atoms with E-state index in [4.69, 9.17) is 21.1 Å². The van der Waals surface area contributed by atoms with Gasteiger partial charge in [-0.05, 0) is 42.5 Å². The van der Waals surface area contributed by atoms with Crippen LogP contribution in [0.1, 0.15) is 0 Å². The van der Waals surface area contributed by atoms with Crippen molar-refractivity contribution in [2.75, 3.05) is 29.5 Å². The van der Waals surface area contributed by atoms with E-state index in [1.165, 1.54) is 13.2 Å². The predicted molar refractivity (Wildman–Crippen MR) is 122 cm³/mol. The fraction of sp³-hybridized carbons (Fsp3) is 0.136. The van der Waals surface area contributed by atoms with E-state index in [2.05, 4.69) is 5.32 Å². The summed E-state index contributed by atoms with van der Waals surface area (Å²) >= 11 is 6.00. The van der Waals surface area contributed by atoms with Crippen LogP contribution in [0.25, 0.3) is 0 Å². The van der Waals surface area contributed by atoms with Gasteiger partial charge in [-0.3, -0.25) is 9.10 Å². The number of nitrogens with zero attached hydrogens (tertiary/aromatic N) is 1. The Morgan fingerprint density at radius 3 is 2.35 bits per heavy atom. The molecule has 3 rings (SSSR count). The maximum atomic E-state index is 12.7. The summed E-state index contributed by atoms with van der Waals surface area (Å²) in [6, 6.07) is 20.3. The van der Waals surface area contributed by atoms with E-state index in [0.29, 0.717) is 28.0 Å². The number of rotatable bonds is 8. The van der Waals surface area contributed by atoms with E-state index in [9.17, 15) is 13.2 Å². The number of benzene rings is 3. The van der Waals surface area contributed by atoms with Crippen LogP contribution in [0.2, 0.25) is 5.02 Å². The van der Waals surface area contributed by atoms with Crippen molar-refractivity contribution in [3.63, 3.8) is 0 Å². The molecule has 0 aliphatic heterocycles. The molecule has 3 aromatic carbocycles. The van der Waals surface area contributed by atoms with Crippen LogP contribution in [0.3, 0.4) is 0 Å². The van der Waals surface area contributed by atoms with Gasteiger partial charge >= 0.3 is 0 Å². The van der Waals surface area contributed by atoms with Crippen LogP contribution in [0.4, 0.5) is 11.4 Å². The molecule has 31 heavy (non-hydrogen) atoms. The van der Waals surface area contributed by atoms with Crippen LogP contribution in [-0.2, 0) is 14.8 Å². The average Bonchev–Trinajstić information content (AvgIpc) is 2.73. The van der Waals surface area contributed by atoms with Crippen LogP contribution in [-0.4, -0.2) is 34.2 Å². The van der Waals surface area contributed by atoms with Crippen LogP contribution in [0, 0.1) is 0 Å². The molecule has 0 spiro atoms. The number of hydrogen-bond donors (Lipinski definition) is 1. The van der Waals surface area contributed by atoms with Gasteiger partial charge < -0.3 is 14.8 Å². The lowest BCUT2D eigenvalue weighted by atomic mass is 10.2. The van der Waals surface area contributed by atoms with Crippen molar-refractivity contribution in [1.29, 1.82) is 0 Å². The summed E-state index contributed by atoms with van der Waals surface area (Å²) in [5.74, 6) is 0.667. The van der Waals surface area contributed by atoms with Crippen LogP contribution < -0.4 is 19.1 Å². The number of ether oxygens (including phenoxy) is 2. The van der Waals surface area contributed by atoms with Crippen molar-refractivity contribution in [2.45, 2.75) is 0 Å². The molecule has 0 atom stereocenters. The number of hydrogen-bond acceptors (Lipinski definition) is 5. The van der Waals surface area contributed by atoms with Crippen molar-refractivity contribution in [2.24, 2.45) is 0 Å². The van der Waals surface area contributed by atoms with Gasteiger partial charge in [0.1, 0.15) is 18.0 Å². The highest BCUT2D eigenvalue weighted by atomic mass is 35.5. The molecule has 0 saturated carbocycles.